The zero-order chi connectivity index (χ0) is 28.4. The first-order valence-corrected chi connectivity index (χ1v) is 12.7. The largest absolute Gasteiger partial charge is 0.471 e. The van der Waals surface area contributed by atoms with E-state index < -0.39 is 72.2 Å². The van der Waals surface area contributed by atoms with Crippen LogP contribution in [0, 0.1) is 29.1 Å². The first kappa shape index (κ1) is 29.6. The molecule has 0 aromatic heterocycles. The normalized spacial score (nSPS) is 28.2. The van der Waals surface area contributed by atoms with Crippen LogP contribution in [0.4, 0.5) is 22.0 Å². The number of carbonyl (C=O) groups is 4. The molecule has 1 saturated carbocycles. The number of hydrogen-bond donors (Lipinski definition) is 3. The first-order valence-electron chi connectivity index (χ1n) is 12.7. The van der Waals surface area contributed by atoms with E-state index in [9.17, 15) is 46.4 Å². The zero-order valence-electron chi connectivity index (χ0n) is 21.1. The molecule has 0 aromatic carbocycles. The van der Waals surface area contributed by atoms with Crippen molar-refractivity contribution in [3.05, 3.63) is 0 Å². The van der Waals surface area contributed by atoms with Crippen LogP contribution in [0.2, 0.25) is 0 Å². The maximum Gasteiger partial charge on any atom is 0.471 e. The molecule has 0 spiro atoms. The zero-order valence-corrected chi connectivity index (χ0v) is 21.1. The Labute approximate surface area is 216 Å². The lowest BCUT2D eigenvalue weighted by Gasteiger charge is -2.54. The van der Waals surface area contributed by atoms with E-state index in [1.54, 1.807) is 19.2 Å². The number of amides is 4. The van der Waals surface area contributed by atoms with Gasteiger partial charge in [-0.1, -0.05) is 13.8 Å². The highest BCUT2D eigenvalue weighted by Crippen LogP contribution is 2.49. The summed E-state index contributed by atoms with van der Waals surface area (Å²) in [4.78, 5) is 51.5. The fraction of sp³-hybridized carbons (Fsp3) is 0.792. The average Bonchev–Trinajstić information content (AvgIpc) is 2.82. The predicted octanol–water partition coefficient (Wildman–Crippen LogP) is 2.02. The molecule has 14 heteroatoms. The Morgan fingerprint density at radius 3 is 2.42 bits per heavy atom. The summed E-state index contributed by atoms with van der Waals surface area (Å²) >= 11 is 0. The van der Waals surface area contributed by atoms with E-state index >= 15 is 0 Å². The summed E-state index contributed by atoms with van der Waals surface area (Å²) in [5.41, 5.74) is 0. The van der Waals surface area contributed by atoms with Crippen LogP contribution in [0.25, 0.3) is 0 Å². The van der Waals surface area contributed by atoms with Gasteiger partial charge in [0.25, 0.3) is 5.92 Å². The molecule has 1 aliphatic carbocycles. The highest BCUT2D eigenvalue weighted by atomic mass is 19.4. The monoisotopic (exact) mass is 549 g/mol. The van der Waals surface area contributed by atoms with Crippen molar-refractivity contribution in [2.45, 2.75) is 95.1 Å². The van der Waals surface area contributed by atoms with Crippen molar-refractivity contribution in [3.8, 4) is 6.07 Å². The number of nitriles is 1. The average molecular weight is 550 g/mol. The molecule has 3 N–H and O–H groups in total. The van der Waals surface area contributed by atoms with Gasteiger partial charge in [0.1, 0.15) is 18.1 Å². The van der Waals surface area contributed by atoms with Gasteiger partial charge in [-0.15, -0.1) is 0 Å². The Morgan fingerprint density at radius 2 is 1.87 bits per heavy atom. The predicted molar refractivity (Wildman–Crippen MR) is 122 cm³/mol. The van der Waals surface area contributed by atoms with Crippen LogP contribution in [-0.2, 0) is 19.2 Å². The van der Waals surface area contributed by atoms with Crippen LogP contribution >= 0.6 is 0 Å². The number of nitrogens with one attached hydrogen (secondary N) is 3. The molecular weight excluding hydrogens is 517 g/mol. The molecule has 6 atom stereocenters. The van der Waals surface area contributed by atoms with E-state index in [-0.39, 0.29) is 37.5 Å². The Hall–Kier alpha value is -2.98. The Bertz CT molecular complexity index is 982. The topological polar surface area (TPSA) is 131 Å². The van der Waals surface area contributed by atoms with Crippen molar-refractivity contribution >= 4 is 23.6 Å². The maximum atomic E-state index is 14.9. The van der Waals surface area contributed by atoms with Crippen molar-refractivity contribution in [1.29, 1.82) is 5.26 Å². The fourth-order valence-electron chi connectivity index (χ4n) is 5.68. The van der Waals surface area contributed by atoms with Crippen molar-refractivity contribution in [2.24, 2.45) is 17.8 Å². The Balaban J connectivity index is 1.87. The van der Waals surface area contributed by atoms with Gasteiger partial charge in [-0.3, -0.25) is 19.2 Å². The van der Waals surface area contributed by atoms with Gasteiger partial charge in [0.2, 0.25) is 17.7 Å². The number of fused-ring (bicyclic) bond motifs is 3. The van der Waals surface area contributed by atoms with E-state index in [1.807, 2.05) is 6.07 Å². The molecule has 4 rings (SSSR count). The third-order valence-electron chi connectivity index (χ3n) is 7.42. The number of hydrogen-bond acceptors (Lipinski definition) is 5. The number of carbonyl (C=O) groups excluding carboxylic acids is 4. The smallest absolute Gasteiger partial charge is 0.356 e. The summed E-state index contributed by atoms with van der Waals surface area (Å²) in [5.74, 6) is -10.6. The highest BCUT2D eigenvalue weighted by Gasteiger charge is 2.61. The molecule has 3 aliphatic heterocycles. The van der Waals surface area contributed by atoms with E-state index in [4.69, 9.17) is 0 Å². The highest BCUT2D eigenvalue weighted by molar-refractivity contribution is 5.94. The van der Waals surface area contributed by atoms with Crippen molar-refractivity contribution in [2.75, 3.05) is 6.54 Å². The van der Waals surface area contributed by atoms with Gasteiger partial charge in [0, 0.05) is 24.9 Å². The van der Waals surface area contributed by atoms with Crippen LogP contribution in [0.15, 0.2) is 0 Å². The number of piperidine rings is 3. The number of halogens is 5. The summed E-state index contributed by atoms with van der Waals surface area (Å²) in [6.07, 6.45) is -5.15. The summed E-state index contributed by atoms with van der Waals surface area (Å²) in [7, 11) is 0. The first-order chi connectivity index (χ1) is 17.7. The summed E-state index contributed by atoms with van der Waals surface area (Å²) in [6, 6.07) is -3.93. The van der Waals surface area contributed by atoms with Gasteiger partial charge in [0.05, 0.1) is 12.0 Å². The van der Waals surface area contributed by atoms with Crippen molar-refractivity contribution in [1.82, 2.24) is 20.9 Å². The molecule has 4 aliphatic rings. The minimum Gasteiger partial charge on any atom is -0.356 e. The molecule has 3 saturated heterocycles. The minimum absolute atomic E-state index is 0.0587. The van der Waals surface area contributed by atoms with Gasteiger partial charge >= 0.3 is 12.1 Å². The lowest BCUT2D eigenvalue weighted by atomic mass is 9.71. The van der Waals surface area contributed by atoms with E-state index in [0.29, 0.717) is 19.4 Å². The van der Waals surface area contributed by atoms with E-state index in [1.165, 1.54) is 0 Å². The standard InChI is InChI=1S/C24H32F5N5O4/c1-12(2)8-17(33-22(38)24(27,28)29)21(37)34-15-5-6-16(23(25,26)10-15)18(34)20(36)32-14(11-30)9-13-4-3-7-31-19(13)35/h12-18H,3-10H2,1-2H3,(H,31,35)(H,32,36)(H,33,38)/t13-,14+,15-,16-,17-,18-/m1/s1. The molecule has 38 heavy (non-hydrogen) atoms. The van der Waals surface area contributed by atoms with E-state index in [2.05, 4.69) is 10.6 Å². The third-order valence-corrected chi connectivity index (χ3v) is 7.42. The summed E-state index contributed by atoms with van der Waals surface area (Å²) < 4.78 is 68.7. The van der Waals surface area contributed by atoms with Gasteiger partial charge in [-0.05, 0) is 44.4 Å². The molecule has 0 aromatic rings. The third kappa shape index (κ3) is 6.53. The van der Waals surface area contributed by atoms with Crippen LogP contribution < -0.4 is 16.0 Å². The molecule has 212 valence electrons. The number of alkyl halides is 5. The second kappa shape index (κ2) is 11.4. The Kier molecular flexibility index (Phi) is 8.88. The van der Waals surface area contributed by atoms with E-state index in [0.717, 1.165) is 4.90 Å². The van der Waals surface area contributed by atoms with Gasteiger partial charge in [-0.2, -0.15) is 18.4 Å². The molecule has 0 radical (unpaired) electrons. The quantitative estimate of drug-likeness (QED) is 0.399. The summed E-state index contributed by atoms with van der Waals surface area (Å²) in [6.45, 7) is 3.71. The molecule has 4 amide bonds. The second-order valence-corrected chi connectivity index (χ2v) is 10.7. The minimum atomic E-state index is -5.27. The van der Waals surface area contributed by atoms with Crippen LogP contribution in [0.3, 0.4) is 0 Å². The van der Waals surface area contributed by atoms with Gasteiger partial charge in [-0.25, -0.2) is 8.78 Å². The SMILES string of the molecule is CC(C)C[C@@H](NC(=O)C(F)(F)F)C(=O)N1[C@@H]2CC[C@H]([C@@H]1C(=O)N[C@H](C#N)C[C@H]1CCCNC1=O)C(F)(F)C2. The van der Waals surface area contributed by atoms with Crippen molar-refractivity contribution < 1.29 is 41.1 Å². The lowest BCUT2D eigenvalue weighted by Crippen LogP contribution is -2.71. The number of nitrogens with zero attached hydrogens (tertiary/aromatic N) is 2. The van der Waals surface area contributed by atoms with Crippen LogP contribution in [0.5, 0.6) is 0 Å². The van der Waals surface area contributed by atoms with Crippen molar-refractivity contribution in [3.63, 3.8) is 0 Å². The van der Waals surface area contributed by atoms with Gasteiger partial charge < -0.3 is 20.9 Å². The maximum absolute atomic E-state index is 14.9. The Morgan fingerprint density at radius 1 is 1.18 bits per heavy atom. The lowest BCUT2D eigenvalue weighted by molar-refractivity contribution is -0.196. The van der Waals surface area contributed by atoms with Gasteiger partial charge in [0.15, 0.2) is 0 Å². The molecule has 0 unspecified atom stereocenters. The number of rotatable bonds is 8. The molecule has 2 bridgehead atoms. The second-order valence-electron chi connectivity index (χ2n) is 10.7. The molecule has 4 fully saturated rings. The fourth-order valence-corrected chi connectivity index (χ4v) is 5.68. The van der Waals surface area contributed by atoms with Crippen LogP contribution in [-0.4, -0.2) is 71.3 Å². The molecular formula is C24H32F5N5O4. The molecule has 9 nitrogen and oxygen atoms in total. The molecule has 3 heterocycles. The van der Waals surface area contributed by atoms with Crippen LogP contribution in [0.1, 0.15) is 58.8 Å². The summed E-state index contributed by atoms with van der Waals surface area (Å²) in [5, 5.41) is 16.3.